The van der Waals surface area contributed by atoms with Gasteiger partial charge in [0.05, 0.1) is 17.4 Å². The average Bonchev–Trinajstić information content (AvgIpc) is 2.92. The van der Waals surface area contributed by atoms with E-state index in [0.717, 1.165) is 47.0 Å². The minimum atomic E-state index is 0.0551. The van der Waals surface area contributed by atoms with Crippen LogP contribution in [0.1, 0.15) is 44.0 Å². The smallest absolute Gasteiger partial charge is 0.156 e. The first kappa shape index (κ1) is 15.4. The summed E-state index contributed by atoms with van der Waals surface area (Å²) in [5, 5.41) is 8.07. The van der Waals surface area contributed by atoms with Crippen molar-refractivity contribution in [1.82, 2.24) is 24.7 Å². The molecule has 0 bridgehead atoms. The summed E-state index contributed by atoms with van der Waals surface area (Å²) in [6, 6.07) is 5.98. The molecule has 0 spiro atoms. The summed E-state index contributed by atoms with van der Waals surface area (Å²) in [6.07, 6.45) is 2.60. The Bertz CT molecular complexity index is 809. The maximum Gasteiger partial charge on any atom is 0.156 e. The average molecular weight is 310 g/mol. The van der Waals surface area contributed by atoms with Gasteiger partial charge in [-0.1, -0.05) is 13.0 Å². The highest BCUT2D eigenvalue weighted by molar-refractivity contribution is 5.87. The van der Waals surface area contributed by atoms with E-state index in [1.54, 1.807) is 6.20 Å². The third kappa shape index (κ3) is 2.88. The first-order chi connectivity index (χ1) is 11.1. The number of fused-ring (bicyclic) bond motifs is 1. The van der Waals surface area contributed by atoms with Crippen molar-refractivity contribution < 1.29 is 0 Å². The van der Waals surface area contributed by atoms with Crippen LogP contribution >= 0.6 is 0 Å². The highest BCUT2D eigenvalue weighted by atomic mass is 15.3. The molecule has 0 amide bonds. The predicted molar refractivity (Wildman–Crippen MR) is 91.4 cm³/mol. The van der Waals surface area contributed by atoms with Crippen LogP contribution in [0.4, 0.5) is 5.82 Å². The third-order valence-corrected chi connectivity index (χ3v) is 3.90. The minimum Gasteiger partial charge on any atom is -0.360 e. The number of hydrogen-bond donors (Lipinski definition) is 1. The lowest BCUT2D eigenvalue weighted by Gasteiger charge is -2.16. The second-order valence-electron chi connectivity index (χ2n) is 5.56. The fourth-order valence-electron chi connectivity index (χ4n) is 2.68. The van der Waals surface area contributed by atoms with Gasteiger partial charge in [0.25, 0.3) is 0 Å². The molecule has 3 rings (SSSR count). The van der Waals surface area contributed by atoms with E-state index in [1.807, 2.05) is 29.8 Å². The fourth-order valence-corrected chi connectivity index (χ4v) is 2.68. The molecule has 120 valence electrons. The molecule has 0 aliphatic carbocycles. The number of rotatable bonds is 5. The Kier molecular flexibility index (Phi) is 4.23. The van der Waals surface area contributed by atoms with Gasteiger partial charge in [0.15, 0.2) is 5.82 Å². The molecule has 0 saturated heterocycles. The van der Waals surface area contributed by atoms with Crippen LogP contribution in [0.2, 0.25) is 0 Å². The molecule has 1 N–H and O–H groups in total. The van der Waals surface area contributed by atoms with E-state index in [4.69, 9.17) is 4.98 Å². The molecule has 0 saturated carbocycles. The number of aromatic nitrogens is 5. The molecular weight excluding hydrogens is 288 g/mol. The Labute approximate surface area is 136 Å². The first-order valence-corrected chi connectivity index (χ1v) is 8.05. The lowest BCUT2D eigenvalue weighted by molar-refractivity contribution is 0.674. The van der Waals surface area contributed by atoms with Crippen LogP contribution in [0.3, 0.4) is 0 Å². The minimum absolute atomic E-state index is 0.0551. The molecule has 0 aromatic carbocycles. The molecule has 1 atom stereocenters. The lowest BCUT2D eigenvalue weighted by atomic mass is 10.2. The molecule has 3 heterocycles. The van der Waals surface area contributed by atoms with Crippen molar-refractivity contribution in [3.63, 3.8) is 0 Å². The molecular formula is C17H22N6. The van der Waals surface area contributed by atoms with Gasteiger partial charge in [-0.05, 0) is 32.9 Å². The summed E-state index contributed by atoms with van der Waals surface area (Å²) in [6.45, 7) is 9.00. The van der Waals surface area contributed by atoms with Crippen molar-refractivity contribution in [3.05, 3.63) is 41.6 Å². The van der Waals surface area contributed by atoms with Crippen molar-refractivity contribution in [2.75, 3.05) is 5.32 Å². The van der Waals surface area contributed by atoms with Crippen LogP contribution in [0.5, 0.6) is 0 Å². The highest BCUT2D eigenvalue weighted by Crippen LogP contribution is 2.26. The van der Waals surface area contributed by atoms with Gasteiger partial charge in [-0.15, -0.1) is 0 Å². The Balaban J connectivity index is 2.08. The van der Waals surface area contributed by atoms with E-state index in [0.29, 0.717) is 0 Å². The largest absolute Gasteiger partial charge is 0.360 e. The van der Waals surface area contributed by atoms with Gasteiger partial charge in [0, 0.05) is 19.2 Å². The fraction of sp³-hybridized carbons (Fsp3) is 0.412. The standard InChI is InChI=1S/C17H22N6/c1-5-14-20-15-12(4)22-23(6-2)16(15)17(21-14)19-11(3)13-9-7-8-10-18-13/h7-11H,5-6H2,1-4H3,(H,19,20,21)/t11-/m1/s1. The summed E-state index contributed by atoms with van der Waals surface area (Å²) in [5.41, 5.74) is 3.81. The summed E-state index contributed by atoms with van der Waals surface area (Å²) >= 11 is 0. The predicted octanol–water partition coefficient (Wildman–Crippen LogP) is 3.29. The van der Waals surface area contributed by atoms with Gasteiger partial charge in [-0.3, -0.25) is 9.67 Å². The molecule has 3 aromatic rings. The Hall–Kier alpha value is -2.50. The third-order valence-electron chi connectivity index (χ3n) is 3.90. The molecule has 6 nitrogen and oxygen atoms in total. The Morgan fingerprint density at radius 2 is 2.04 bits per heavy atom. The topological polar surface area (TPSA) is 68.5 Å². The van der Waals surface area contributed by atoms with Gasteiger partial charge in [0.2, 0.25) is 0 Å². The number of pyridine rings is 1. The first-order valence-electron chi connectivity index (χ1n) is 8.05. The lowest BCUT2D eigenvalue weighted by Crippen LogP contribution is -2.12. The summed E-state index contributed by atoms with van der Waals surface area (Å²) in [4.78, 5) is 13.8. The number of anilines is 1. The van der Waals surface area contributed by atoms with E-state index < -0.39 is 0 Å². The van der Waals surface area contributed by atoms with Crippen LogP contribution < -0.4 is 5.32 Å². The van der Waals surface area contributed by atoms with Gasteiger partial charge >= 0.3 is 0 Å². The van der Waals surface area contributed by atoms with E-state index >= 15 is 0 Å². The molecule has 0 aliphatic rings. The summed E-state index contributed by atoms with van der Waals surface area (Å²) < 4.78 is 1.96. The Morgan fingerprint density at radius 3 is 2.70 bits per heavy atom. The van der Waals surface area contributed by atoms with Gasteiger partial charge < -0.3 is 5.32 Å². The Morgan fingerprint density at radius 1 is 1.22 bits per heavy atom. The van der Waals surface area contributed by atoms with Gasteiger partial charge in [-0.2, -0.15) is 5.10 Å². The second kappa shape index (κ2) is 6.32. The number of nitrogens with zero attached hydrogens (tertiary/aromatic N) is 5. The summed E-state index contributed by atoms with van der Waals surface area (Å²) in [5.74, 6) is 1.65. The van der Waals surface area contributed by atoms with Crippen LogP contribution in [0.25, 0.3) is 11.0 Å². The highest BCUT2D eigenvalue weighted by Gasteiger charge is 2.17. The van der Waals surface area contributed by atoms with E-state index in [9.17, 15) is 0 Å². The molecule has 23 heavy (non-hydrogen) atoms. The molecule has 6 heteroatoms. The molecule has 0 aliphatic heterocycles. The molecule has 3 aromatic heterocycles. The quantitative estimate of drug-likeness (QED) is 0.783. The van der Waals surface area contributed by atoms with Crippen LogP contribution in [0, 0.1) is 6.92 Å². The van der Waals surface area contributed by atoms with Crippen molar-refractivity contribution in [1.29, 1.82) is 0 Å². The zero-order valence-electron chi connectivity index (χ0n) is 14.0. The number of hydrogen-bond acceptors (Lipinski definition) is 5. The zero-order valence-corrected chi connectivity index (χ0v) is 14.0. The second-order valence-corrected chi connectivity index (χ2v) is 5.56. The number of nitrogens with one attached hydrogen (secondary N) is 1. The monoisotopic (exact) mass is 310 g/mol. The van der Waals surface area contributed by atoms with Crippen molar-refractivity contribution in [2.24, 2.45) is 0 Å². The van der Waals surface area contributed by atoms with Crippen molar-refractivity contribution >= 4 is 16.9 Å². The van der Waals surface area contributed by atoms with E-state index in [-0.39, 0.29) is 6.04 Å². The maximum atomic E-state index is 4.70. The van der Waals surface area contributed by atoms with Crippen LogP contribution in [-0.2, 0) is 13.0 Å². The molecule has 0 radical (unpaired) electrons. The van der Waals surface area contributed by atoms with Crippen molar-refractivity contribution in [2.45, 2.75) is 46.7 Å². The summed E-state index contributed by atoms with van der Waals surface area (Å²) in [7, 11) is 0. The number of aryl methyl sites for hydroxylation is 3. The molecule has 0 unspecified atom stereocenters. The molecule has 0 fully saturated rings. The van der Waals surface area contributed by atoms with E-state index in [1.165, 1.54) is 0 Å². The maximum absolute atomic E-state index is 4.70. The van der Waals surface area contributed by atoms with Crippen LogP contribution in [0.15, 0.2) is 24.4 Å². The van der Waals surface area contributed by atoms with E-state index in [2.05, 4.69) is 41.2 Å². The van der Waals surface area contributed by atoms with Gasteiger partial charge in [0.1, 0.15) is 16.9 Å². The zero-order chi connectivity index (χ0) is 16.4. The van der Waals surface area contributed by atoms with Crippen molar-refractivity contribution in [3.8, 4) is 0 Å². The van der Waals surface area contributed by atoms with Gasteiger partial charge in [-0.25, -0.2) is 9.97 Å². The van der Waals surface area contributed by atoms with Crippen LogP contribution in [-0.4, -0.2) is 24.7 Å². The normalized spacial score (nSPS) is 12.5. The SMILES string of the molecule is CCc1nc(N[C@H](C)c2ccccn2)c2c(n1)c(C)nn2CC.